The van der Waals surface area contributed by atoms with E-state index in [1.807, 2.05) is 11.8 Å². The molecule has 1 fully saturated rings. The largest absolute Gasteiger partial charge is 0.497 e. The second-order valence-electron chi connectivity index (χ2n) is 5.61. The first-order valence-electron chi connectivity index (χ1n) is 7.86. The summed E-state index contributed by atoms with van der Waals surface area (Å²) >= 11 is 0. The molecule has 0 spiro atoms. The molecule has 5 nitrogen and oxygen atoms in total. The fourth-order valence-corrected chi connectivity index (χ4v) is 2.66. The van der Waals surface area contributed by atoms with Crippen LogP contribution >= 0.6 is 0 Å². The van der Waals surface area contributed by atoms with Gasteiger partial charge in [-0.05, 0) is 43.5 Å². The number of methoxy groups -OCH3 is 1. The predicted molar refractivity (Wildman–Crippen MR) is 85.0 cm³/mol. The Morgan fingerprint density at radius 1 is 1.23 bits per heavy atom. The van der Waals surface area contributed by atoms with Crippen molar-refractivity contribution in [2.24, 2.45) is 0 Å². The molecule has 0 atom stereocenters. The first-order chi connectivity index (χ1) is 10.6. The molecule has 0 aliphatic carbocycles. The second kappa shape index (κ2) is 7.82. The monoisotopic (exact) mass is 304 g/mol. The van der Waals surface area contributed by atoms with E-state index < -0.39 is 0 Å². The molecular formula is C17H24N2O3. The van der Waals surface area contributed by atoms with E-state index in [0.717, 1.165) is 38.1 Å². The van der Waals surface area contributed by atoms with Crippen molar-refractivity contribution in [1.29, 1.82) is 0 Å². The number of benzene rings is 1. The first-order valence-corrected chi connectivity index (χ1v) is 7.86. The van der Waals surface area contributed by atoms with Gasteiger partial charge >= 0.3 is 0 Å². The molecule has 0 aromatic heterocycles. The lowest BCUT2D eigenvalue weighted by atomic mass is 10.0. The number of carbonyl (C=O) groups excluding carboxylic acids is 2. The molecule has 1 heterocycles. The number of piperidine rings is 1. The highest BCUT2D eigenvalue weighted by Crippen LogP contribution is 2.14. The fourth-order valence-electron chi connectivity index (χ4n) is 2.66. The van der Waals surface area contributed by atoms with Crippen LogP contribution in [0.4, 0.5) is 0 Å². The van der Waals surface area contributed by atoms with Crippen molar-refractivity contribution in [2.45, 2.75) is 38.6 Å². The molecule has 2 rings (SSSR count). The Morgan fingerprint density at radius 3 is 2.41 bits per heavy atom. The minimum absolute atomic E-state index is 0.0685. The van der Waals surface area contributed by atoms with Crippen LogP contribution in [0.2, 0.25) is 0 Å². The third-order valence-corrected chi connectivity index (χ3v) is 4.00. The Bertz CT molecular complexity index is 505. The minimum atomic E-state index is -0.0685. The van der Waals surface area contributed by atoms with Crippen molar-refractivity contribution in [3.63, 3.8) is 0 Å². The molecule has 2 amide bonds. The van der Waals surface area contributed by atoms with Crippen LogP contribution in [0.5, 0.6) is 5.75 Å². The molecule has 22 heavy (non-hydrogen) atoms. The number of hydrogen-bond acceptors (Lipinski definition) is 3. The molecule has 0 radical (unpaired) electrons. The zero-order chi connectivity index (χ0) is 15.9. The standard InChI is InChI=1S/C17H24N2O3/c1-3-4-16(20)19-11-9-14(10-12-19)18-17(21)13-5-7-15(22-2)8-6-13/h5-8,14H,3-4,9-12H2,1-2H3,(H,18,21). The number of amides is 2. The summed E-state index contributed by atoms with van der Waals surface area (Å²) in [5.41, 5.74) is 0.630. The number of nitrogens with one attached hydrogen (secondary N) is 1. The van der Waals surface area contributed by atoms with Gasteiger partial charge in [0, 0.05) is 31.1 Å². The number of likely N-dealkylation sites (tertiary alicyclic amines) is 1. The van der Waals surface area contributed by atoms with Gasteiger partial charge in [-0.15, -0.1) is 0 Å². The van der Waals surface area contributed by atoms with Gasteiger partial charge < -0.3 is 15.0 Å². The van der Waals surface area contributed by atoms with E-state index in [2.05, 4.69) is 5.32 Å². The highest BCUT2D eigenvalue weighted by molar-refractivity contribution is 5.94. The van der Waals surface area contributed by atoms with Gasteiger partial charge in [-0.3, -0.25) is 9.59 Å². The van der Waals surface area contributed by atoms with Crippen LogP contribution in [0.3, 0.4) is 0 Å². The zero-order valence-electron chi connectivity index (χ0n) is 13.3. The van der Waals surface area contributed by atoms with E-state index in [1.165, 1.54) is 0 Å². The van der Waals surface area contributed by atoms with E-state index in [0.29, 0.717) is 12.0 Å². The number of nitrogens with zero attached hydrogens (tertiary/aromatic N) is 1. The van der Waals surface area contributed by atoms with Gasteiger partial charge in [0.2, 0.25) is 5.91 Å². The SMILES string of the molecule is CCCC(=O)N1CCC(NC(=O)c2ccc(OC)cc2)CC1. The van der Waals surface area contributed by atoms with E-state index in [9.17, 15) is 9.59 Å². The molecule has 1 aromatic carbocycles. The average Bonchev–Trinajstić information content (AvgIpc) is 2.55. The topological polar surface area (TPSA) is 58.6 Å². The van der Waals surface area contributed by atoms with Gasteiger partial charge in [0.15, 0.2) is 0 Å². The van der Waals surface area contributed by atoms with Crippen LogP contribution in [-0.2, 0) is 4.79 Å². The summed E-state index contributed by atoms with van der Waals surface area (Å²) in [5.74, 6) is 0.891. The van der Waals surface area contributed by atoms with Crippen LogP contribution in [0.25, 0.3) is 0 Å². The maximum Gasteiger partial charge on any atom is 0.251 e. The maximum atomic E-state index is 12.2. The molecule has 1 saturated heterocycles. The van der Waals surface area contributed by atoms with E-state index >= 15 is 0 Å². The van der Waals surface area contributed by atoms with Crippen molar-refractivity contribution in [1.82, 2.24) is 10.2 Å². The first kappa shape index (κ1) is 16.3. The quantitative estimate of drug-likeness (QED) is 0.907. The van der Waals surface area contributed by atoms with Gasteiger partial charge in [0.1, 0.15) is 5.75 Å². The average molecular weight is 304 g/mol. The Labute approximate surface area is 131 Å². The fraction of sp³-hybridized carbons (Fsp3) is 0.529. The van der Waals surface area contributed by atoms with E-state index in [4.69, 9.17) is 4.74 Å². The number of rotatable bonds is 5. The predicted octanol–water partition coefficient (Wildman–Crippen LogP) is 2.22. The molecular weight excluding hydrogens is 280 g/mol. The van der Waals surface area contributed by atoms with Crippen molar-refractivity contribution < 1.29 is 14.3 Å². The van der Waals surface area contributed by atoms with E-state index in [-0.39, 0.29) is 17.9 Å². The second-order valence-corrected chi connectivity index (χ2v) is 5.61. The smallest absolute Gasteiger partial charge is 0.251 e. The van der Waals surface area contributed by atoms with Crippen molar-refractivity contribution >= 4 is 11.8 Å². The van der Waals surface area contributed by atoms with Gasteiger partial charge in [0.05, 0.1) is 7.11 Å². The summed E-state index contributed by atoms with van der Waals surface area (Å²) < 4.78 is 5.08. The lowest BCUT2D eigenvalue weighted by Gasteiger charge is -2.32. The lowest BCUT2D eigenvalue weighted by molar-refractivity contribution is -0.132. The molecule has 1 aliphatic rings. The van der Waals surface area contributed by atoms with Crippen molar-refractivity contribution in [2.75, 3.05) is 20.2 Å². The highest BCUT2D eigenvalue weighted by Gasteiger charge is 2.23. The summed E-state index contributed by atoms with van der Waals surface area (Å²) in [4.78, 5) is 25.9. The molecule has 0 bridgehead atoms. The van der Waals surface area contributed by atoms with Crippen LogP contribution in [0.1, 0.15) is 43.0 Å². The summed E-state index contributed by atoms with van der Waals surface area (Å²) in [6.07, 6.45) is 3.13. The molecule has 0 unspecified atom stereocenters. The summed E-state index contributed by atoms with van der Waals surface area (Å²) in [6.45, 7) is 3.47. The maximum absolute atomic E-state index is 12.2. The molecule has 1 aliphatic heterocycles. The lowest BCUT2D eigenvalue weighted by Crippen LogP contribution is -2.46. The Hall–Kier alpha value is -2.04. The van der Waals surface area contributed by atoms with Crippen molar-refractivity contribution in [3.8, 4) is 5.75 Å². The Kier molecular flexibility index (Phi) is 5.81. The van der Waals surface area contributed by atoms with Gasteiger partial charge in [-0.1, -0.05) is 6.92 Å². The molecule has 1 N–H and O–H groups in total. The van der Waals surface area contributed by atoms with Gasteiger partial charge in [-0.2, -0.15) is 0 Å². The third-order valence-electron chi connectivity index (χ3n) is 4.00. The van der Waals surface area contributed by atoms with E-state index in [1.54, 1.807) is 31.4 Å². The van der Waals surface area contributed by atoms with Crippen molar-refractivity contribution in [3.05, 3.63) is 29.8 Å². The molecule has 120 valence electrons. The third kappa shape index (κ3) is 4.23. The minimum Gasteiger partial charge on any atom is -0.497 e. The number of ether oxygens (including phenoxy) is 1. The van der Waals surface area contributed by atoms with Gasteiger partial charge in [0.25, 0.3) is 5.91 Å². The Morgan fingerprint density at radius 2 is 1.86 bits per heavy atom. The molecule has 5 heteroatoms. The van der Waals surface area contributed by atoms with Crippen LogP contribution in [0, 0.1) is 0 Å². The summed E-state index contributed by atoms with van der Waals surface area (Å²) in [7, 11) is 1.60. The zero-order valence-corrected chi connectivity index (χ0v) is 13.3. The normalized spacial score (nSPS) is 15.5. The number of hydrogen-bond donors (Lipinski definition) is 1. The summed E-state index contributed by atoms with van der Waals surface area (Å²) in [5, 5.41) is 3.05. The number of carbonyl (C=O) groups is 2. The molecule has 1 aromatic rings. The highest BCUT2D eigenvalue weighted by atomic mass is 16.5. The van der Waals surface area contributed by atoms with Crippen LogP contribution in [0.15, 0.2) is 24.3 Å². The van der Waals surface area contributed by atoms with Gasteiger partial charge in [-0.25, -0.2) is 0 Å². The molecule has 0 saturated carbocycles. The van der Waals surface area contributed by atoms with Crippen LogP contribution < -0.4 is 10.1 Å². The van der Waals surface area contributed by atoms with Crippen LogP contribution in [-0.4, -0.2) is 43.0 Å². The Balaban J connectivity index is 1.82. The summed E-state index contributed by atoms with van der Waals surface area (Å²) in [6, 6.07) is 7.21.